The fourth-order valence-electron chi connectivity index (χ4n) is 3.46. The number of halogens is 2. The Balaban J connectivity index is 0.00000131. The molecule has 8 heteroatoms. The first kappa shape index (κ1) is 22.0. The number of methoxy groups -OCH3 is 1. The van der Waals surface area contributed by atoms with E-state index in [0.29, 0.717) is 6.04 Å². The number of anilines is 2. The molecular weight excluding hydrogens is 403 g/mol. The molecule has 5 nitrogen and oxygen atoms in total. The molecule has 1 aromatic heterocycles. The van der Waals surface area contributed by atoms with Gasteiger partial charge in [0.2, 0.25) is 0 Å². The molecule has 1 atom stereocenters. The zero-order valence-electron chi connectivity index (χ0n) is 15.5. The highest BCUT2D eigenvalue weighted by atomic mass is 35.5. The minimum atomic E-state index is 0. The molecule has 1 unspecified atom stereocenters. The minimum Gasteiger partial charge on any atom is -0.385 e. The Kier molecular flexibility index (Phi) is 7.94. The Bertz CT molecular complexity index is 796. The number of benzene rings is 1. The molecule has 0 spiro atoms. The van der Waals surface area contributed by atoms with E-state index < -0.39 is 0 Å². The molecule has 0 bridgehead atoms. The number of nitrogens with one attached hydrogen (secondary N) is 2. The molecule has 1 fully saturated rings. The van der Waals surface area contributed by atoms with Gasteiger partial charge < -0.3 is 20.3 Å². The van der Waals surface area contributed by atoms with Crippen molar-refractivity contribution in [3.05, 3.63) is 40.8 Å². The van der Waals surface area contributed by atoms with Crippen LogP contribution in [0.2, 0.25) is 0 Å². The van der Waals surface area contributed by atoms with Crippen molar-refractivity contribution >= 4 is 58.4 Å². The zero-order chi connectivity index (χ0) is 17.2. The van der Waals surface area contributed by atoms with Crippen molar-refractivity contribution in [1.82, 2.24) is 10.2 Å². The second-order valence-electron chi connectivity index (χ2n) is 6.56. The number of nitrogens with zero attached hydrogens (tertiary/aromatic N) is 2. The lowest BCUT2D eigenvalue weighted by Crippen LogP contribution is -2.53. The molecule has 148 valence electrons. The Labute approximate surface area is 177 Å². The van der Waals surface area contributed by atoms with E-state index in [1.54, 1.807) is 18.4 Å². The Morgan fingerprint density at radius 1 is 1.30 bits per heavy atom. The van der Waals surface area contributed by atoms with Gasteiger partial charge in [-0.3, -0.25) is 0 Å². The lowest BCUT2D eigenvalue weighted by molar-refractivity contribution is 0.168. The first-order valence-electron chi connectivity index (χ1n) is 8.77. The quantitative estimate of drug-likeness (QED) is 0.762. The molecule has 1 aromatic carbocycles. The number of fused-ring (bicyclic) bond motifs is 2. The van der Waals surface area contributed by atoms with Crippen molar-refractivity contribution in [2.45, 2.75) is 19.4 Å². The summed E-state index contributed by atoms with van der Waals surface area (Å²) in [7, 11) is 1.76. The van der Waals surface area contributed by atoms with E-state index in [1.807, 2.05) is 6.07 Å². The van der Waals surface area contributed by atoms with Crippen LogP contribution >= 0.6 is 36.2 Å². The van der Waals surface area contributed by atoms with Crippen molar-refractivity contribution in [3.63, 3.8) is 0 Å². The second-order valence-corrected chi connectivity index (χ2v) is 7.81. The summed E-state index contributed by atoms with van der Waals surface area (Å²) in [6, 6.07) is 11.0. The average Bonchev–Trinajstić information content (AvgIpc) is 2.91. The number of para-hydroxylation sites is 2. The largest absolute Gasteiger partial charge is 0.385 e. The van der Waals surface area contributed by atoms with Gasteiger partial charge in [0.05, 0.1) is 16.9 Å². The van der Waals surface area contributed by atoms with E-state index in [-0.39, 0.29) is 24.8 Å². The molecule has 2 aromatic rings. The smallest absolute Gasteiger partial charge is 0.139 e. The highest BCUT2D eigenvalue weighted by Gasteiger charge is 2.27. The molecule has 2 aliphatic rings. The third kappa shape index (κ3) is 4.76. The lowest BCUT2D eigenvalue weighted by atomic mass is 10.1. The molecule has 4 rings (SSSR count). The van der Waals surface area contributed by atoms with Gasteiger partial charge in [-0.2, -0.15) is 0 Å². The first-order valence-corrected chi connectivity index (χ1v) is 9.59. The number of hydrogen-bond donors (Lipinski definition) is 2. The van der Waals surface area contributed by atoms with E-state index in [0.717, 1.165) is 49.9 Å². The number of amidine groups is 1. The van der Waals surface area contributed by atoms with Crippen LogP contribution in [0.5, 0.6) is 0 Å². The number of aliphatic imine (C=N–C) groups is 1. The van der Waals surface area contributed by atoms with Crippen molar-refractivity contribution in [2.24, 2.45) is 4.99 Å². The summed E-state index contributed by atoms with van der Waals surface area (Å²) >= 11 is 1.80. The maximum absolute atomic E-state index is 5.25. The van der Waals surface area contributed by atoms with Crippen LogP contribution in [0.3, 0.4) is 0 Å². The number of hydrogen-bond acceptors (Lipinski definition) is 6. The summed E-state index contributed by atoms with van der Waals surface area (Å²) in [6.45, 7) is 5.84. The molecule has 0 saturated carbocycles. The van der Waals surface area contributed by atoms with Crippen LogP contribution in [0.25, 0.3) is 0 Å². The first-order chi connectivity index (χ1) is 12.2. The van der Waals surface area contributed by atoms with Gasteiger partial charge in [0, 0.05) is 44.3 Å². The van der Waals surface area contributed by atoms with Gasteiger partial charge in [-0.25, -0.2) is 4.99 Å². The fourth-order valence-corrected chi connectivity index (χ4v) is 4.38. The predicted molar refractivity (Wildman–Crippen MR) is 119 cm³/mol. The monoisotopic (exact) mass is 428 g/mol. The van der Waals surface area contributed by atoms with Crippen LogP contribution in [0, 0.1) is 6.92 Å². The van der Waals surface area contributed by atoms with E-state index in [1.165, 1.54) is 15.4 Å². The van der Waals surface area contributed by atoms with Crippen molar-refractivity contribution in [2.75, 3.05) is 38.7 Å². The van der Waals surface area contributed by atoms with Crippen molar-refractivity contribution < 1.29 is 4.74 Å². The van der Waals surface area contributed by atoms with E-state index in [2.05, 4.69) is 46.7 Å². The Morgan fingerprint density at radius 2 is 2.11 bits per heavy atom. The molecule has 2 N–H and O–H groups in total. The number of thiophene rings is 1. The van der Waals surface area contributed by atoms with E-state index in [9.17, 15) is 0 Å². The summed E-state index contributed by atoms with van der Waals surface area (Å²) in [6.07, 6.45) is 1.02. The van der Waals surface area contributed by atoms with Gasteiger partial charge in [-0.15, -0.1) is 36.2 Å². The summed E-state index contributed by atoms with van der Waals surface area (Å²) in [4.78, 5) is 8.78. The standard InChI is InChI=1S/C19H24N4OS.2ClH/c1-13-11-15-18(23-9-8-20-14(12-23)7-10-24-2)21-16-5-3-4-6-17(16)22-19(15)25-13;;/h3-6,11,14,20,22H,7-10,12H2,1-2H3;2*1H. The second kappa shape index (κ2) is 9.75. The SMILES string of the molecule is COCCC1CN(C2=Nc3ccccc3Nc3sc(C)cc32)CCN1.Cl.Cl. The lowest BCUT2D eigenvalue weighted by Gasteiger charge is -2.35. The summed E-state index contributed by atoms with van der Waals surface area (Å²) in [5.74, 6) is 1.08. The zero-order valence-corrected chi connectivity index (χ0v) is 18.0. The van der Waals surface area contributed by atoms with E-state index in [4.69, 9.17) is 9.73 Å². The number of rotatable bonds is 3. The van der Waals surface area contributed by atoms with Gasteiger partial charge >= 0.3 is 0 Å². The van der Waals surface area contributed by atoms with Crippen LogP contribution in [0.4, 0.5) is 16.4 Å². The third-order valence-electron chi connectivity index (χ3n) is 4.70. The molecule has 1 saturated heterocycles. The average molecular weight is 429 g/mol. The van der Waals surface area contributed by atoms with Gasteiger partial charge in [-0.05, 0) is 31.5 Å². The van der Waals surface area contributed by atoms with Crippen LogP contribution in [0.15, 0.2) is 35.3 Å². The molecule has 27 heavy (non-hydrogen) atoms. The van der Waals surface area contributed by atoms with Crippen molar-refractivity contribution in [1.29, 1.82) is 0 Å². The van der Waals surface area contributed by atoms with Crippen LogP contribution in [-0.4, -0.2) is 50.1 Å². The molecule has 3 heterocycles. The molecule has 0 amide bonds. The summed E-state index contributed by atoms with van der Waals surface area (Å²) < 4.78 is 5.25. The van der Waals surface area contributed by atoms with Gasteiger partial charge in [-0.1, -0.05) is 12.1 Å². The fraction of sp³-hybridized carbons (Fsp3) is 0.421. The predicted octanol–water partition coefficient (Wildman–Crippen LogP) is 4.35. The van der Waals surface area contributed by atoms with Gasteiger partial charge in [0.15, 0.2) is 0 Å². The maximum Gasteiger partial charge on any atom is 0.139 e. The summed E-state index contributed by atoms with van der Waals surface area (Å²) in [5, 5.41) is 8.37. The van der Waals surface area contributed by atoms with Gasteiger partial charge in [0.25, 0.3) is 0 Å². The van der Waals surface area contributed by atoms with Gasteiger partial charge in [0.1, 0.15) is 10.8 Å². The molecule has 0 radical (unpaired) electrons. The topological polar surface area (TPSA) is 48.9 Å². The molecular formula is C19H26Cl2N4OS. The minimum absolute atomic E-state index is 0. The van der Waals surface area contributed by atoms with E-state index >= 15 is 0 Å². The van der Waals surface area contributed by atoms with Crippen LogP contribution < -0.4 is 10.6 Å². The summed E-state index contributed by atoms with van der Waals surface area (Å²) in [5.41, 5.74) is 3.29. The maximum atomic E-state index is 5.25. The highest BCUT2D eigenvalue weighted by Crippen LogP contribution is 2.39. The van der Waals surface area contributed by atoms with Crippen molar-refractivity contribution in [3.8, 4) is 0 Å². The number of aryl methyl sites for hydroxylation is 1. The Morgan fingerprint density at radius 3 is 2.93 bits per heavy atom. The Hall–Kier alpha value is -1.31. The molecule has 0 aliphatic carbocycles. The normalized spacial score (nSPS) is 18.1. The number of ether oxygens (including phenoxy) is 1. The number of piperazine rings is 1. The van der Waals surface area contributed by atoms with Crippen LogP contribution in [-0.2, 0) is 4.74 Å². The van der Waals surface area contributed by atoms with Crippen LogP contribution in [0.1, 0.15) is 16.9 Å². The third-order valence-corrected chi connectivity index (χ3v) is 5.67. The highest BCUT2D eigenvalue weighted by molar-refractivity contribution is 7.16. The molecule has 2 aliphatic heterocycles.